The fourth-order valence-corrected chi connectivity index (χ4v) is 3.30. The maximum Gasteiger partial charge on any atom is 0.225 e. The molecule has 3 nitrogen and oxygen atoms in total. The molecule has 1 atom stereocenters. The van der Waals surface area contributed by atoms with E-state index in [0.29, 0.717) is 11.3 Å². The van der Waals surface area contributed by atoms with Gasteiger partial charge in [0, 0.05) is 11.8 Å². The van der Waals surface area contributed by atoms with Gasteiger partial charge in [0.15, 0.2) is 0 Å². The van der Waals surface area contributed by atoms with Gasteiger partial charge in [0.2, 0.25) is 5.28 Å². The van der Waals surface area contributed by atoms with Crippen molar-refractivity contribution in [3.63, 3.8) is 0 Å². The highest BCUT2D eigenvalue weighted by Crippen LogP contribution is 2.27. The van der Waals surface area contributed by atoms with Crippen molar-refractivity contribution < 1.29 is 0 Å². The van der Waals surface area contributed by atoms with E-state index >= 15 is 0 Å². The summed E-state index contributed by atoms with van der Waals surface area (Å²) in [6, 6.07) is 2.45. The van der Waals surface area contributed by atoms with E-state index in [4.69, 9.17) is 11.6 Å². The van der Waals surface area contributed by atoms with E-state index in [9.17, 15) is 0 Å². The molecule has 6 heteroatoms. The molecule has 0 aliphatic rings. The fraction of sp³-hybridized carbons (Fsp3) is 0.455. The van der Waals surface area contributed by atoms with Crippen LogP contribution in [0.3, 0.4) is 0 Å². The molecule has 0 aromatic carbocycles. The van der Waals surface area contributed by atoms with Crippen molar-refractivity contribution >= 4 is 50.7 Å². The monoisotopic (exact) mass is 287 g/mol. The third-order valence-corrected chi connectivity index (χ3v) is 4.21. The van der Waals surface area contributed by atoms with Gasteiger partial charge in [-0.1, -0.05) is 6.92 Å². The zero-order chi connectivity index (χ0) is 12.3. The molecule has 17 heavy (non-hydrogen) atoms. The highest BCUT2D eigenvalue weighted by atomic mass is 35.5. The van der Waals surface area contributed by atoms with E-state index in [1.165, 1.54) is 0 Å². The smallest absolute Gasteiger partial charge is 0.225 e. The lowest BCUT2D eigenvalue weighted by Crippen LogP contribution is -2.22. The Morgan fingerprint density at radius 1 is 1.53 bits per heavy atom. The summed E-state index contributed by atoms with van der Waals surface area (Å²) >= 11 is 9.34. The Balaban J connectivity index is 2.30. The molecule has 0 aliphatic heterocycles. The molecule has 0 saturated carbocycles. The molecule has 2 heterocycles. The molecule has 0 spiro atoms. The van der Waals surface area contributed by atoms with Crippen LogP contribution in [-0.2, 0) is 0 Å². The lowest BCUT2D eigenvalue weighted by Gasteiger charge is -2.16. The minimum Gasteiger partial charge on any atom is -0.366 e. The number of halogens is 1. The van der Waals surface area contributed by atoms with Crippen LogP contribution in [0.25, 0.3) is 10.2 Å². The Labute approximate surface area is 114 Å². The normalized spacial score (nSPS) is 12.9. The Morgan fingerprint density at radius 3 is 3.06 bits per heavy atom. The number of anilines is 1. The van der Waals surface area contributed by atoms with Gasteiger partial charge in [0.05, 0.1) is 5.39 Å². The zero-order valence-electron chi connectivity index (χ0n) is 9.74. The molecule has 2 rings (SSSR count). The van der Waals surface area contributed by atoms with E-state index in [-0.39, 0.29) is 0 Å². The summed E-state index contributed by atoms with van der Waals surface area (Å²) < 4.78 is 0. The van der Waals surface area contributed by atoms with Crippen molar-refractivity contribution in [2.24, 2.45) is 0 Å². The quantitative estimate of drug-likeness (QED) is 0.847. The van der Waals surface area contributed by atoms with Gasteiger partial charge < -0.3 is 5.32 Å². The molecule has 0 amide bonds. The standard InChI is InChI=1S/C11H14ClN3S2/c1-3-7(6-16-2)13-9-8-4-5-17-10(8)15-11(12)14-9/h4-5,7H,3,6H2,1-2H3,(H,13,14,15). The Kier molecular flexibility index (Phi) is 4.48. The van der Waals surface area contributed by atoms with E-state index in [2.05, 4.69) is 28.5 Å². The van der Waals surface area contributed by atoms with Gasteiger partial charge in [-0.05, 0) is 35.7 Å². The van der Waals surface area contributed by atoms with Crippen LogP contribution in [-0.4, -0.2) is 28.0 Å². The maximum absolute atomic E-state index is 5.92. The number of nitrogens with zero attached hydrogens (tertiary/aromatic N) is 2. The van der Waals surface area contributed by atoms with Crippen LogP contribution in [0.4, 0.5) is 5.82 Å². The molecule has 2 aromatic heterocycles. The molecule has 0 saturated heterocycles. The first-order valence-corrected chi connectivity index (χ1v) is 8.06. The van der Waals surface area contributed by atoms with Crippen molar-refractivity contribution in [3.8, 4) is 0 Å². The van der Waals surface area contributed by atoms with E-state index in [1.807, 2.05) is 23.2 Å². The van der Waals surface area contributed by atoms with E-state index < -0.39 is 0 Å². The SMILES string of the molecule is CCC(CSC)Nc1nc(Cl)nc2sccc12. The predicted octanol–water partition coefficient (Wildman–Crippen LogP) is 3.90. The van der Waals surface area contributed by atoms with Gasteiger partial charge in [-0.25, -0.2) is 9.97 Å². The number of thiophene rings is 1. The second kappa shape index (κ2) is 5.89. The number of rotatable bonds is 5. The van der Waals surface area contributed by atoms with Crippen LogP contribution in [0.5, 0.6) is 0 Å². The third kappa shape index (κ3) is 3.03. The number of nitrogens with one attached hydrogen (secondary N) is 1. The summed E-state index contributed by atoms with van der Waals surface area (Å²) in [6.45, 7) is 2.17. The van der Waals surface area contributed by atoms with Gasteiger partial charge in [0.1, 0.15) is 10.6 Å². The molecule has 0 radical (unpaired) electrons. The Hall–Kier alpha value is -0.520. The Bertz CT molecular complexity index is 500. The fourth-order valence-electron chi connectivity index (χ4n) is 1.60. The van der Waals surface area contributed by atoms with Crippen LogP contribution in [0.2, 0.25) is 5.28 Å². The van der Waals surface area contributed by atoms with Crippen LogP contribution in [0.1, 0.15) is 13.3 Å². The minimum atomic E-state index is 0.307. The number of aromatic nitrogens is 2. The maximum atomic E-state index is 5.92. The van der Waals surface area contributed by atoms with Crippen LogP contribution >= 0.6 is 34.7 Å². The topological polar surface area (TPSA) is 37.8 Å². The first-order chi connectivity index (χ1) is 8.24. The summed E-state index contributed by atoms with van der Waals surface area (Å²) in [5.74, 6) is 1.91. The van der Waals surface area contributed by atoms with Crippen molar-refractivity contribution in [2.75, 3.05) is 17.3 Å². The summed E-state index contributed by atoms with van der Waals surface area (Å²) in [5, 5.41) is 6.82. The van der Waals surface area contributed by atoms with Crippen molar-refractivity contribution in [3.05, 3.63) is 16.7 Å². The largest absolute Gasteiger partial charge is 0.366 e. The van der Waals surface area contributed by atoms with Crippen LogP contribution in [0.15, 0.2) is 11.4 Å². The molecule has 1 unspecified atom stereocenters. The predicted molar refractivity (Wildman–Crippen MR) is 78.5 cm³/mol. The summed E-state index contributed by atoms with van der Waals surface area (Å²) in [6.07, 6.45) is 3.17. The minimum absolute atomic E-state index is 0.307. The molecule has 0 bridgehead atoms. The number of fused-ring (bicyclic) bond motifs is 1. The van der Waals surface area contributed by atoms with E-state index in [0.717, 1.165) is 28.2 Å². The molecule has 92 valence electrons. The van der Waals surface area contributed by atoms with Crippen molar-refractivity contribution in [2.45, 2.75) is 19.4 Å². The average Bonchev–Trinajstić information content (AvgIpc) is 2.76. The van der Waals surface area contributed by atoms with Crippen molar-refractivity contribution in [1.29, 1.82) is 0 Å². The van der Waals surface area contributed by atoms with Gasteiger partial charge in [-0.15, -0.1) is 11.3 Å². The second-order valence-corrected chi connectivity index (χ2v) is 5.83. The van der Waals surface area contributed by atoms with Crippen LogP contribution < -0.4 is 5.32 Å². The summed E-state index contributed by atoms with van der Waals surface area (Å²) in [5.41, 5.74) is 0. The lowest BCUT2D eigenvalue weighted by atomic mass is 10.2. The van der Waals surface area contributed by atoms with Crippen LogP contribution in [0, 0.1) is 0 Å². The van der Waals surface area contributed by atoms with Gasteiger partial charge in [0.25, 0.3) is 0 Å². The first kappa shape index (κ1) is 12.9. The molecule has 1 N–H and O–H groups in total. The first-order valence-electron chi connectivity index (χ1n) is 5.40. The molecular formula is C11H14ClN3S2. The molecule has 0 aliphatic carbocycles. The zero-order valence-corrected chi connectivity index (χ0v) is 12.1. The van der Waals surface area contributed by atoms with E-state index in [1.54, 1.807) is 11.3 Å². The molecular weight excluding hydrogens is 274 g/mol. The van der Waals surface area contributed by atoms with Gasteiger partial charge >= 0.3 is 0 Å². The van der Waals surface area contributed by atoms with Crippen molar-refractivity contribution in [1.82, 2.24) is 9.97 Å². The summed E-state index contributed by atoms with van der Waals surface area (Å²) in [7, 11) is 0. The van der Waals surface area contributed by atoms with Gasteiger partial charge in [-0.2, -0.15) is 11.8 Å². The highest BCUT2D eigenvalue weighted by Gasteiger charge is 2.11. The second-order valence-electron chi connectivity index (χ2n) is 3.69. The lowest BCUT2D eigenvalue weighted by molar-refractivity contribution is 0.771. The highest BCUT2D eigenvalue weighted by molar-refractivity contribution is 7.98. The average molecular weight is 288 g/mol. The number of hydrogen-bond acceptors (Lipinski definition) is 5. The Morgan fingerprint density at radius 2 is 2.35 bits per heavy atom. The molecule has 0 fully saturated rings. The molecule has 2 aromatic rings. The number of thioether (sulfide) groups is 1. The van der Waals surface area contributed by atoms with Gasteiger partial charge in [-0.3, -0.25) is 0 Å². The number of hydrogen-bond donors (Lipinski definition) is 1. The summed E-state index contributed by atoms with van der Waals surface area (Å²) in [4.78, 5) is 9.42. The third-order valence-electron chi connectivity index (χ3n) is 2.50.